The van der Waals surface area contributed by atoms with E-state index in [-0.39, 0.29) is 18.3 Å². The van der Waals surface area contributed by atoms with Gasteiger partial charge in [-0.2, -0.15) is 0 Å². The Kier molecular flexibility index (Phi) is 5.97. The van der Waals surface area contributed by atoms with E-state index in [1.807, 2.05) is 13.8 Å². The predicted molar refractivity (Wildman–Crippen MR) is 86.6 cm³/mol. The van der Waals surface area contributed by atoms with Gasteiger partial charge in [0.05, 0.1) is 13.2 Å². The fourth-order valence-corrected chi connectivity index (χ4v) is 2.10. The molecule has 0 unspecified atom stereocenters. The van der Waals surface area contributed by atoms with Crippen molar-refractivity contribution in [3.05, 3.63) is 59.4 Å². The summed E-state index contributed by atoms with van der Waals surface area (Å²) >= 11 is 0. The van der Waals surface area contributed by atoms with Crippen molar-refractivity contribution in [2.24, 2.45) is 0 Å². The van der Waals surface area contributed by atoms with Gasteiger partial charge in [0.25, 0.3) is 5.91 Å². The van der Waals surface area contributed by atoms with E-state index in [1.54, 1.807) is 30.3 Å². The van der Waals surface area contributed by atoms with Gasteiger partial charge in [-0.15, -0.1) is 0 Å². The molecule has 0 aromatic heterocycles. The second-order valence-corrected chi connectivity index (χ2v) is 4.98. The Morgan fingerprint density at radius 1 is 1.17 bits per heavy atom. The van der Waals surface area contributed by atoms with Crippen LogP contribution in [0.5, 0.6) is 11.5 Å². The Bertz CT molecular complexity index is 673. The molecular weight excluding hydrogens is 297 g/mol. The fraction of sp³-hybridized carbons (Fsp3) is 0.278. The number of halogens is 1. The Hall–Kier alpha value is -2.56. The molecule has 1 N–H and O–H groups in total. The molecule has 5 heteroatoms. The minimum Gasteiger partial charge on any atom is -0.494 e. The first kappa shape index (κ1) is 16.8. The van der Waals surface area contributed by atoms with Crippen LogP contribution in [0.2, 0.25) is 0 Å². The molecule has 0 saturated carbocycles. The smallest absolute Gasteiger partial charge is 0.251 e. The second kappa shape index (κ2) is 8.17. The third kappa shape index (κ3) is 4.98. The molecule has 2 rings (SSSR count). The van der Waals surface area contributed by atoms with Gasteiger partial charge in [-0.25, -0.2) is 4.39 Å². The highest BCUT2D eigenvalue weighted by Crippen LogP contribution is 2.19. The van der Waals surface area contributed by atoms with Crippen molar-refractivity contribution in [3.63, 3.8) is 0 Å². The van der Waals surface area contributed by atoms with E-state index in [0.717, 1.165) is 11.3 Å². The molecule has 23 heavy (non-hydrogen) atoms. The summed E-state index contributed by atoms with van der Waals surface area (Å²) in [5, 5.41) is 2.76. The normalized spacial score (nSPS) is 10.2. The highest BCUT2D eigenvalue weighted by Gasteiger charge is 2.08. The zero-order valence-corrected chi connectivity index (χ0v) is 13.3. The van der Waals surface area contributed by atoms with Crippen LogP contribution >= 0.6 is 0 Å². The van der Waals surface area contributed by atoms with E-state index >= 15 is 0 Å². The fourth-order valence-electron chi connectivity index (χ4n) is 2.10. The summed E-state index contributed by atoms with van der Waals surface area (Å²) in [6.07, 6.45) is 0. The van der Waals surface area contributed by atoms with Gasteiger partial charge in [0, 0.05) is 11.6 Å². The molecule has 0 bridgehead atoms. The Morgan fingerprint density at radius 3 is 2.70 bits per heavy atom. The van der Waals surface area contributed by atoms with Gasteiger partial charge in [-0.1, -0.05) is 6.07 Å². The monoisotopic (exact) mass is 317 g/mol. The molecule has 0 aliphatic rings. The lowest BCUT2D eigenvalue weighted by atomic mass is 10.1. The lowest BCUT2D eigenvalue weighted by Gasteiger charge is -2.10. The standard InChI is InChI=1S/C18H20FNO3/c1-3-22-17-8-7-14(11-13(17)2)18(21)20-9-10-23-16-6-4-5-15(19)12-16/h4-8,11-12H,3,9-10H2,1-2H3,(H,20,21). The van der Waals surface area contributed by atoms with Crippen molar-refractivity contribution in [3.8, 4) is 11.5 Å². The van der Waals surface area contributed by atoms with Crippen molar-refractivity contribution in [2.45, 2.75) is 13.8 Å². The third-order valence-corrected chi connectivity index (χ3v) is 3.19. The van der Waals surface area contributed by atoms with Crippen molar-refractivity contribution in [2.75, 3.05) is 19.8 Å². The number of nitrogens with one attached hydrogen (secondary N) is 1. The zero-order valence-electron chi connectivity index (χ0n) is 13.3. The van der Waals surface area contributed by atoms with Crippen LogP contribution in [0.4, 0.5) is 4.39 Å². The van der Waals surface area contributed by atoms with Gasteiger partial charge in [-0.05, 0) is 49.7 Å². The summed E-state index contributed by atoms with van der Waals surface area (Å²) in [7, 11) is 0. The number of benzene rings is 2. The Balaban J connectivity index is 1.81. The first-order chi connectivity index (χ1) is 11.1. The number of hydrogen-bond donors (Lipinski definition) is 1. The molecule has 0 saturated heterocycles. The number of hydrogen-bond acceptors (Lipinski definition) is 3. The Morgan fingerprint density at radius 2 is 2.00 bits per heavy atom. The van der Waals surface area contributed by atoms with Crippen LogP contribution in [-0.4, -0.2) is 25.7 Å². The quantitative estimate of drug-likeness (QED) is 0.797. The van der Waals surface area contributed by atoms with Gasteiger partial charge >= 0.3 is 0 Å². The summed E-state index contributed by atoms with van der Waals surface area (Å²) in [4.78, 5) is 12.1. The molecule has 2 aromatic rings. The van der Waals surface area contributed by atoms with Gasteiger partial charge in [0.2, 0.25) is 0 Å². The van der Waals surface area contributed by atoms with E-state index in [0.29, 0.717) is 24.5 Å². The maximum atomic E-state index is 13.0. The number of rotatable bonds is 7. The average Bonchev–Trinajstić information content (AvgIpc) is 2.53. The SMILES string of the molecule is CCOc1ccc(C(=O)NCCOc2cccc(F)c2)cc1C. The van der Waals surface area contributed by atoms with E-state index in [4.69, 9.17) is 9.47 Å². The minimum absolute atomic E-state index is 0.181. The number of amides is 1. The molecule has 0 fully saturated rings. The van der Waals surface area contributed by atoms with E-state index < -0.39 is 0 Å². The molecule has 1 amide bonds. The molecule has 122 valence electrons. The van der Waals surface area contributed by atoms with Crippen molar-refractivity contribution in [1.82, 2.24) is 5.32 Å². The summed E-state index contributed by atoms with van der Waals surface area (Å²) < 4.78 is 23.8. The molecule has 0 atom stereocenters. The molecule has 2 aromatic carbocycles. The van der Waals surface area contributed by atoms with Crippen LogP contribution in [0.1, 0.15) is 22.8 Å². The summed E-state index contributed by atoms with van der Waals surface area (Å²) in [5.41, 5.74) is 1.48. The lowest BCUT2D eigenvalue weighted by molar-refractivity contribution is 0.0947. The van der Waals surface area contributed by atoms with Crippen LogP contribution in [0.15, 0.2) is 42.5 Å². The van der Waals surface area contributed by atoms with Gasteiger partial charge in [-0.3, -0.25) is 4.79 Å². The second-order valence-electron chi connectivity index (χ2n) is 4.98. The van der Waals surface area contributed by atoms with Crippen molar-refractivity contribution in [1.29, 1.82) is 0 Å². The van der Waals surface area contributed by atoms with Crippen molar-refractivity contribution < 1.29 is 18.7 Å². The van der Waals surface area contributed by atoms with Gasteiger partial charge in [0.15, 0.2) is 0 Å². The first-order valence-corrected chi connectivity index (χ1v) is 7.50. The minimum atomic E-state index is -0.351. The van der Waals surface area contributed by atoms with Crippen LogP contribution in [-0.2, 0) is 0 Å². The highest BCUT2D eigenvalue weighted by atomic mass is 19.1. The number of carbonyl (C=O) groups is 1. The number of ether oxygens (including phenoxy) is 2. The summed E-state index contributed by atoms with van der Waals surface area (Å²) in [6.45, 7) is 5.00. The molecular formula is C18H20FNO3. The maximum Gasteiger partial charge on any atom is 0.251 e. The van der Waals surface area contributed by atoms with Crippen LogP contribution in [0.3, 0.4) is 0 Å². The largest absolute Gasteiger partial charge is 0.494 e. The Labute approximate surface area is 135 Å². The zero-order chi connectivity index (χ0) is 16.7. The molecule has 0 spiro atoms. The summed E-state index contributed by atoms with van der Waals surface area (Å²) in [5.74, 6) is 0.685. The first-order valence-electron chi connectivity index (χ1n) is 7.50. The van der Waals surface area contributed by atoms with E-state index in [9.17, 15) is 9.18 Å². The molecule has 0 aliphatic carbocycles. The predicted octanol–water partition coefficient (Wildman–Crippen LogP) is 3.34. The van der Waals surface area contributed by atoms with Crippen LogP contribution in [0.25, 0.3) is 0 Å². The topological polar surface area (TPSA) is 47.6 Å². The number of aryl methyl sites for hydroxylation is 1. The third-order valence-electron chi connectivity index (χ3n) is 3.19. The maximum absolute atomic E-state index is 13.0. The molecule has 0 heterocycles. The van der Waals surface area contributed by atoms with Crippen molar-refractivity contribution >= 4 is 5.91 Å². The molecule has 0 radical (unpaired) electrons. The molecule has 4 nitrogen and oxygen atoms in total. The van der Waals surface area contributed by atoms with Crippen LogP contribution < -0.4 is 14.8 Å². The average molecular weight is 317 g/mol. The number of carbonyl (C=O) groups excluding carboxylic acids is 1. The lowest BCUT2D eigenvalue weighted by Crippen LogP contribution is -2.28. The summed E-state index contributed by atoms with van der Waals surface area (Å²) in [6, 6.07) is 11.2. The van der Waals surface area contributed by atoms with Gasteiger partial charge < -0.3 is 14.8 Å². The van der Waals surface area contributed by atoms with Crippen LogP contribution in [0, 0.1) is 12.7 Å². The highest BCUT2D eigenvalue weighted by molar-refractivity contribution is 5.94. The molecule has 0 aliphatic heterocycles. The van der Waals surface area contributed by atoms with E-state index in [2.05, 4.69) is 5.32 Å². The van der Waals surface area contributed by atoms with E-state index in [1.165, 1.54) is 12.1 Å². The van der Waals surface area contributed by atoms with Gasteiger partial charge in [0.1, 0.15) is 23.9 Å².